The number of halogens is 1. The summed E-state index contributed by atoms with van der Waals surface area (Å²) in [7, 11) is 0. The number of carbonyl (C=O) groups excluding carboxylic acids is 1. The third-order valence-corrected chi connectivity index (χ3v) is 2.17. The van der Waals surface area contributed by atoms with Crippen molar-refractivity contribution in [3.05, 3.63) is 24.5 Å². The Balaban J connectivity index is 0.00000144. The lowest BCUT2D eigenvalue weighted by Gasteiger charge is -2.05. The van der Waals surface area contributed by atoms with E-state index in [0.29, 0.717) is 30.9 Å². The van der Waals surface area contributed by atoms with Gasteiger partial charge in [0, 0.05) is 18.7 Å². The van der Waals surface area contributed by atoms with E-state index in [2.05, 4.69) is 15.4 Å². The summed E-state index contributed by atoms with van der Waals surface area (Å²) < 4.78 is 1.58. The van der Waals surface area contributed by atoms with Gasteiger partial charge >= 0.3 is 0 Å². The van der Waals surface area contributed by atoms with Gasteiger partial charge in [-0.2, -0.15) is 9.61 Å². The molecule has 3 N–H and O–H groups in total. The minimum absolute atomic E-state index is 0. The summed E-state index contributed by atoms with van der Waals surface area (Å²) in [6.07, 6.45) is 4.37. The molecule has 92 valence electrons. The van der Waals surface area contributed by atoms with Crippen LogP contribution in [-0.2, 0) is 4.79 Å². The van der Waals surface area contributed by atoms with Gasteiger partial charge in [-0.25, -0.2) is 4.98 Å². The molecule has 2 rings (SSSR count). The van der Waals surface area contributed by atoms with Crippen LogP contribution >= 0.6 is 12.4 Å². The molecule has 6 nitrogen and oxygen atoms in total. The van der Waals surface area contributed by atoms with E-state index in [0.717, 1.165) is 0 Å². The third-order valence-electron chi connectivity index (χ3n) is 2.17. The molecule has 2 aromatic heterocycles. The van der Waals surface area contributed by atoms with Crippen LogP contribution in [0.15, 0.2) is 24.5 Å². The Labute approximate surface area is 105 Å². The zero-order valence-electron chi connectivity index (χ0n) is 9.17. The Morgan fingerprint density at radius 3 is 3.00 bits per heavy atom. The van der Waals surface area contributed by atoms with Crippen molar-refractivity contribution in [3.63, 3.8) is 0 Å². The van der Waals surface area contributed by atoms with Crippen LogP contribution in [0, 0.1) is 0 Å². The molecule has 0 aliphatic heterocycles. The molecule has 0 aliphatic rings. The van der Waals surface area contributed by atoms with Gasteiger partial charge in [0.2, 0.25) is 5.91 Å². The van der Waals surface area contributed by atoms with Gasteiger partial charge in [-0.3, -0.25) is 4.79 Å². The first kappa shape index (κ1) is 13.4. The Bertz CT molecular complexity index is 498. The van der Waals surface area contributed by atoms with E-state index in [4.69, 9.17) is 5.73 Å². The molecule has 0 unspecified atom stereocenters. The van der Waals surface area contributed by atoms with Gasteiger partial charge in [0.25, 0.3) is 0 Å². The molecule has 0 saturated carbocycles. The van der Waals surface area contributed by atoms with Gasteiger partial charge in [0.1, 0.15) is 5.82 Å². The summed E-state index contributed by atoms with van der Waals surface area (Å²) >= 11 is 0. The van der Waals surface area contributed by atoms with Crippen molar-refractivity contribution >= 4 is 29.8 Å². The number of anilines is 1. The van der Waals surface area contributed by atoms with Gasteiger partial charge in [-0.15, -0.1) is 12.4 Å². The monoisotopic (exact) mass is 255 g/mol. The van der Waals surface area contributed by atoms with Crippen molar-refractivity contribution in [3.8, 4) is 0 Å². The summed E-state index contributed by atoms with van der Waals surface area (Å²) in [6.45, 7) is 0.515. The average Bonchev–Trinajstić information content (AvgIpc) is 2.75. The molecule has 0 aliphatic carbocycles. The molecule has 2 heterocycles. The maximum atomic E-state index is 11.5. The van der Waals surface area contributed by atoms with E-state index < -0.39 is 0 Å². The smallest absolute Gasteiger partial charge is 0.225 e. The van der Waals surface area contributed by atoms with E-state index in [-0.39, 0.29) is 18.3 Å². The van der Waals surface area contributed by atoms with Gasteiger partial charge in [-0.05, 0) is 19.0 Å². The van der Waals surface area contributed by atoms with E-state index in [9.17, 15) is 4.79 Å². The SMILES string of the molecule is Cl.NCCCC(=O)Nc1ccnc2ccnn12. The van der Waals surface area contributed by atoms with Crippen molar-refractivity contribution in [2.45, 2.75) is 12.8 Å². The molecule has 17 heavy (non-hydrogen) atoms. The zero-order chi connectivity index (χ0) is 11.4. The van der Waals surface area contributed by atoms with Crippen LogP contribution in [0.1, 0.15) is 12.8 Å². The van der Waals surface area contributed by atoms with Gasteiger partial charge < -0.3 is 11.1 Å². The molecule has 7 heteroatoms. The van der Waals surface area contributed by atoms with E-state index >= 15 is 0 Å². The van der Waals surface area contributed by atoms with Crippen molar-refractivity contribution in [1.82, 2.24) is 14.6 Å². The first-order valence-corrected chi connectivity index (χ1v) is 5.10. The number of nitrogens with two attached hydrogens (primary N) is 1. The van der Waals surface area contributed by atoms with E-state index in [1.165, 1.54) is 0 Å². The number of nitrogens with one attached hydrogen (secondary N) is 1. The second-order valence-electron chi connectivity index (χ2n) is 3.37. The lowest BCUT2D eigenvalue weighted by molar-refractivity contribution is -0.116. The van der Waals surface area contributed by atoms with Crippen molar-refractivity contribution < 1.29 is 4.79 Å². The minimum atomic E-state index is -0.0616. The highest BCUT2D eigenvalue weighted by Crippen LogP contribution is 2.08. The highest BCUT2D eigenvalue weighted by atomic mass is 35.5. The number of carbonyl (C=O) groups is 1. The lowest BCUT2D eigenvalue weighted by atomic mass is 10.3. The molecule has 0 saturated heterocycles. The molecular formula is C10H14ClN5O. The number of rotatable bonds is 4. The molecular weight excluding hydrogens is 242 g/mol. The average molecular weight is 256 g/mol. The normalized spacial score (nSPS) is 9.94. The summed E-state index contributed by atoms with van der Waals surface area (Å²) in [5.74, 6) is 0.561. The molecule has 0 fully saturated rings. The van der Waals surface area contributed by atoms with Crippen molar-refractivity contribution in [2.24, 2.45) is 5.73 Å². The Kier molecular flexibility index (Phi) is 4.86. The second kappa shape index (κ2) is 6.17. The predicted molar refractivity (Wildman–Crippen MR) is 67.2 cm³/mol. The molecule has 0 aromatic carbocycles. The van der Waals surface area contributed by atoms with Crippen LogP contribution in [0.5, 0.6) is 0 Å². The number of hydrogen-bond acceptors (Lipinski definition) is 4. The van der Waals surface area contributed by atoms with Crippen LogP contribution < -0.4 is 11.1 Å². The van der Waals surface area contributed by atoms with Gasteiger partial charge in [-0.1, -0.05) is 0 Å². The van der Waals surface area contributed by atoms with Crippen LogP contribution in [0.25, 0.3) is 5.65 Å². The number of aromatic nitrogens is 3. The maximum absolute atomic E-state index is 11.5. The second-order valence-corrected chi connectivity index (χ2v) is 3.37. The van der Waals surface area contributed by atoms with Crippen molar-refractivity contribution in [2.75, 3.05) is 11.9 Å². The van der Waals surface area contributed by atoms with Crippen LogP contribution in [0.4, 0.5) is 5.82 Å². The van der Waals surface area contributed by atoms with Crippen LogP contribution in [0.2, 0.25) is 0 Å². The first-order valence-electron chi connectivity index (χ1n) is 5.10. The maximum Gasteiger partial charge on any atom is 0.225 e. The van der Waals surface area contributed by atoms with E-state index in [1.54, 1.807) is 29.0 Å². The number of hydrogen-bond donors (Lipinski definition) is 2. The lowest BCUT2D eigenvalue weighted by Crippen LogP contribution is -2.15. The van der Waals surface area contributed by atoms with Crippen LogP contribution in [0.3, 0.4) is 0 Å². The van der Waals surface area contributed by atoms with E-state index in [1.807, 2.05) is 0 Å². The highest BCUT2D eigenvalue weighted by molar-refractivity contribution is 5.90. The molecule has 0 bridgehead atoms. The van der Waals surface area contributed by atoms with Crippen molar-refractivity contribution in [1.29, 1.82) is 0 Å². The molecule has 0 radical (unpaired) electrons. The largest absolute Gasteiger partial charge is 0.330 e. The fraction of sp³-hybridized carbons (Fsp3) is 0.300. The highest BCUT2D eigenvalue weighted by Gasteiger charge is 2.05. The number of fused-ring (bicyclic) bond motifs is 1. The quantitative estimate of drug-likeness (QED) is 0.847. The third kappa shape index (κ3) is 3.15. The van der Waals surface area contributed by atoms with Crippen LogP contribution in [-0.4, -0.2) is 27.0 Å². The fourth-order valence-electron chi connectivity index (χ4n) is 1.40. The zero-order valence-corrected chi connectivity index (χ0v) is 9.98. The molecule has 1 amide bonds. The summed E-state index contributed by atoms with van der Waals surface area (Å²) in [5.41, 5.74) is 6.04. The topological polar surface area (TPSA) is 85.3 Å². The summed E-state index contributed by atoms with van der Waals surface area (Å²) in [4.78, 5) is 15.6. The number of nitrogens with zero attached hydrogens (tertiary/aromatic N) is 3. The van der Waals surface area contributed by atoms with Gasteiger partial charge in [0.05, 0.1) is 6.20 Å². The predicted octanol–water partition coefficient (Wildman–Crippen LogP) is 0.828. The van der Waals surface area contributed by atoms with Gasteiger partial charge in [0.15, 0.2) is 5.65 Å². The first-order chi connectivity index (χ1) is 7.81. The minimum Gasteiger partial charge on any atom is -0.330 e. The summed E-state index contributed by atoms with van der Waals surface area (Å²) in [6, 6.07) is 3.48. The Morgan fingerprint density at radius 1 is 1.41 bits per heavy atom. The standard InChI is InChI=1S/C10H13N5O.ClH/c11-5-1-2-10(16)14-9-3-6-12-8-4-7-13-15(8)9;/h3-4,6-7H,1-2,5,11H2,(H,14,16);1H. The molecule has 2 aromatic rings. The number of amides is 1. The Morgan fingerprint density at radius 2 is 2.24 bits per heavy atom. The Hall–Kier alpha value is -1.66. The fourth-order valence-corrected chi connectivity index (χ4v) is 1.40. The summed E-state index contributed by atoms with van der Waals surface area (Å²) in [5, 5.41) is 6.84. The molecule has 0 spiro atoms. The molecule has 0 atom stereocenters.